The topological polar surface area (TPSA) is 76.7 Å². The van der Waals surface area contributed by atoms with Crippen LogP contribution in [0.1, 0.15) is 36.8 Å². The Hall–Kier alpha value is -3.22. The van der Waals surface area contributed by atoms with E-state index in [4.69, 9.17) is 32.7 Å². The van der Waals surface area contributed by atoms with Crippen molar-refractivity contribution in [2.75, 3.05) is 23.8 Å². The van der Waals surface area contributed by atoms with Crippen LogP contribution in [-0.4, -0.2) is 25.0 Å². The molecule has 2 amide bonds. The summed E-state index contributed by atoms with van der Waals surface area (Å²) in [4.78, 5) is 24.6. The molecule has 0 fully saturated rings. The number of carbonyl (C=O) groups is 2. The van der Waals surface area contributed by atoms with Crippen LogP contribution in [0.3, 0.4) is 0 Å². The second-order valence-corrected chi connectivity index (χ2v) is 9.27. The molecular formula is C28H30Cl2N2O4. The highest BCUT2D eigenvalue weighted by atomic mass is 35.5. The van der Waals surface area contributed by atoms with Gasteiger partial charge in [0.1, 0.15) is 11.5 Å². The van der Waals surface area contributed by atoms with Crippen molar-refractivity contribution in [1.29, 1.82) is 0 Å². The Morgan fingerprint density at radius 2 is 1.14 bits per heavy atom. The van der Waals surface area contributed by atoms with Gasteiger partial charge in [-0.15, -0.1) is 0 Å². The lowest BCUT2D eigenvalue weighted by Gasteiger charge is -2.11. The first kappa shape index (κ1) is 27.4. The minimum absolute atomic E-state index is 0.121. The quantitative estimate of drug-likeness (QED) is 0.243. The van der Waals surface area contributed by atoms with Gasteiger partial charge < -0.3 is 20.1 Å². The first-order chi connectivity index (χ1) is 17.3. The van der Waals surface area contributed by atoms with Gasteiger partial charge in [-0.05, 0) is 92.4 Å². The van der Waals surface area contributed by atoms with E-state index in [0.29, 0.717) is 60.3 Å². The largest absolute Gasteiger partial charge is 0.493 e. The number of nitrogens with one attached hydrogen (secondary N) is 2. The van der Waals surface area contributed by atoms with Crippen molar-refractivity contribution in [1.82, 2.24) is 0 Å². The van der Waals surface area contributed by atoms with Crippen molar-refractivity contribution in [3.63, 3.8) is 0 Å². The number of anilines is 2. The van der Waals surface area contributed by atoms with Gasteiger partial charge in [0.2, 0.25) is 11.8 Å². The molecule has 0 heterocycles. The second-order valence-electron chi connectivity index (χ2n) is 8.40. The lowest BCUT2D eigenvalue weighted by Crippen LogP contribution is -2.15. The van der Waals surface area contributed by atoms with Crippen LogP contribution in [0.2, 0.25) is 10.0 Å². The maximum Gasteiger partial charge on any atom is 0.224 e. The van der Waals surface area contributed by atoms with Gasteiger partial charge in [0.05, 0.1) is 13.2 Å². The molecule has 8 heteroatoms. The summed E-state index contributed by atoms with van der Waals surface area (Å²) in [6.07, 6.45) is 1.77. The number of benzene rings is 3. The summed E-state index contributed by atoms with van der Waals surface area (Å²) in [6.45, 7) is 4.70. The molecule has 6 nitrogen and oxygen atoms in total. The van der Waals surface area contributed by atoms with Crippen molar-refractivity contribution >= 4 is 46.4 Å². The van der Waals surface area contributed by atoms with Crippen LogP contribution in [-0.2, 0) is 9.59 Å². The average Bonchev–Trinajstić information content (AvgIpc) is 2.82. The molecule has 190 valence electrons. The van der Waals surface area contributed by atoms with E-state index in [1.165, 1.54) is 0 Å². The lowest BCUT2D eigenvalue weighted by atomic mass is 10.2. The Balaban J connectivity index is 1.36. The number of amides is 2. The summed E-state index contributed by atoms with van der Waals surface area (Å²) >= 11 is 11.9. The molecule has 3 rings (SSSR count). The number of aryl methyl sites for hydroxylation is 2. The van der Waals surface area contributed by atoms with E-state index < -0.39 is 0 Å². The standard InChI is InChI=1S/C28H30Cl2N2O4/c1-19-16-21(29)10-12-25(19)35-14-4-8-27(33)31-23-6-3-7-24(18-23)32-28(34)9-5-15-36-26-13-11-22(30)17-20(26)2/h3,6-7,10-13,16-18H,4-5,8-9,14-15H2,1-2H3,(H,31,33)(H,32,34). The first-order valence-corrected chi connectivity index (χ1v) is 12.5. The summed E-state index contributed by atoms with van der Waals surface area (Å²) in [5.74, 6) is 1.28. The normalized spacial score (nSPS) is 10.6. The number of hydrogen-bond donors (Lipinski definition) is 2. The summed E-state index contributed by atoms with van der Waals surface area (Å²) in [5.41, 5.74) is 3.15. The van der Waals surface area contributed by atoms with Crippen LogP contribution >= 0.6 is 23.2 Å². The first-order valence-electron chi connectivity index (χ1n) is 11.8. The summed E-state index contributed by atoms with van der Waals surface area (Å²) in [7, 11) is 0. The average molecular weight is 529 g/mol. The third kappa shape index (κ3) is 9.10. The summed E-state index contributed by atoms with van der Waals surface area (Å²) in [5, 5.41) is 7.05. The number of ether oxygens (including phenoxy) is 2. The molecule has 2 N–H and O–H groups in total. The highest BCUT2D eigenvalue weighted by Crippen LogP contribution is 2.23. The molecule has 0 atom stereocenters. The predicted octanol–water partition coefficient (Wildman–Crippen LogP) is 7.21. The molecule has 0 aromatic heterocycles. The van der Waals surface area contributed by atoms with Gasteiger partial charge in [0.25, 0.3) is 0 Å². The van der Waals surface area contributed by atoms with E-state index in [-0.39, 0.29) is 11.8 Å². The number of hydrogen-bond acceptors (Lipinski definition) is 4. The highest BCUT2D eigenvalue weighted by molar-refractivity contribution is 6.31. The minimum atomic E-state index is -0.121. The van der Waals surface area contributed by atoms with Crippen LogP contribution in [0.5, 0.6) is 11.5 Å². The summed E-state index contributed by atoms with van der Waals surface area (Å²) in [6, 6.07) is 18.0. The van der Waals surface area contributed by atoms with Gasteiger partial charge in [-0.1, -0.05) is 29.3 Å². The predicted molar refractivity (Wildman–Crippen MR) is 146 cm³/mol. The molecule has 3 aromatic rings. The molecule has 0 bridgehead atoms. The zero-order valence-electron chi connectivity index (χ0n) is 20.4. The van der Waals surface area contributed by atoms with E-state index in [1.807, 2.05) is 38.1 Å². The molecule has 0 saturated heterocycles. The van der Waals surface area contributed by atoms with Gasteiger partial charge in [-0.25, -0.2) is 0 Å². The van der Waals surface area contributed by atoms with Gasteiger partial charge in [0, 0.05) is 34.3 Å². The Labute approximate surface area is 221 Å². The molecule has 0 radical (unpaired) electrons. The van der Waals surface area contributed by atoms with E-state index in [9.17, 15) is 9.59 Å². The number of halogens is 2. The van der Waals surface area contributed by atoms with Gasteiger partial charge in [-0.3, -0.25) is 9.59 Å². The molecule has 0 aliphatic carbocycles. The van der Waals surface area contributed by atoms with Crippen molar-refractivity contribution in [2.45, 2.75) is 39.5 Å². The fourth-order valence-corrected chi connectivity index (χ4v) is 3.95. The monoisotopic (exact) mass is 528 g/mol. The molecule has 36 heavy (non-hydrogen) atoms. The van der Waals surface area contributed by atoms with Gasteiger partial charge in [-0.2, -0.15) is 0 Å². The van der Waals surface area contributed by atoms with Gasteiger partial charge in [0.15, 0.2) is 0 Å². The van der Waals surface area contributed by atoms with Crippen molar-refractivity contribution in [3.8, 4) is 11.5 Å². The lowest BCUT2D eigenvalue weighted by molar-refractivity contribution is -0.117. The molecule has 0 saturated carbocycles. The molecule has 0 spiro atoms. The van der Waals surface area contributed by atoms with E-state index in [2.05, 4.69) is 10.6 Å². The maximum absolute atomic E-state index is 12.3. The van der Waals surface area contributed by atoms with Crippen LogP contribution < -0.4 is 20.1 Å². The van der Waals surface area contributed by atoms with Crippen LogP contribution in [0.15, 0.2) is 60.7 Å². The minimum Gasteiger partial charge on any atom is -0.493 e. The van der Waals surface area contributed by atoms with Crippen molar-refractivity contribution < 1.29 is 19.1 Å². The smallest absolute Gasteiger partial charge is 0.224 e. The maximum atomic E-state index is 12.3. The number of rotatable bonds is 12. The fraction of sp³-hybridized carbons (Fsp3) is 0.286. The zero-order chi connectivity index (χ0) is 25.9. The van der Waals surface area contributed by atoms with E-state index in [0.717, 1.165) is 22.6 Å². The molecular weight excluding hydrogens is 499 g/mol. The van der Waals surface area contributed by atoms with Crippen LogP contribution in [0.25, 0.3) is 0 Å². The summed E-state index contributed by atoms with van der Waals surface area (Å²) < 4.78 is 11.5. The molecule has 0 unspecified atom stereocenters. The SMILES string of the molecule is Cc1cc(Cl)ccc1OCCCC(=O)Nc1cccc(NC(=O)CCCOc2ccc(Cl)cc2C)c1. The third-order valence-electron chi connectivity index (χ3n) is 5.32. The van der Waals surface area contributed by atoms with Crippen molar-refractivity contribution in [2.24, 2.45) is 0 Å². The Morgan fingerprint density at radius 1 is 0.694 bits per heavy atom. The highest BCUT2D eigenvalue weighted by Gasteiger charge is 2.07. The van der Waals surface area contributed by atoms with Crippen molar-refractivity contribution in [3.05, 3.63) is 81.8 Å². The van der Waals surface area contributed by atoms with Crippen LogP contribution in [0.4, 0.5) is 11.4 Å². The van der Waals surface area contributed by atoms with Crippen LogP contribution in [0, 0.1) is 13.8 Å². The van der Waals surface area contributed by atoms with E-state index >= 15 is 0 Å². The number of carbonyl (C=O) groups excluding carboxylic acids is 2. The third-order valence-corrected chi connectivity index (χ3v) is 5.79. The van der Waals surface area contributed by atoms with E-state index in [1.54, 1.807) is 36.4 Å². The molecule has 3 aromatic carbocycles. The molecule has 0 aliphatic heterocycles. The van der Waals surface area contributed by atoms with Gasteiger partial charge >= 0.3 is 0 Å². The Morgan fingerprint density at radius 3 is 1.56 bits per heavy atom. The second kappa shape index (κ2) is 13.8. The molecule has 0 aliphatic rings. The Kier molecular flexibility index (Phi) is 10.5. The Bertz CT molecular complexity index is 1110. The zero-order valence-corrected chi connectivity index (χ0v) is 21.9. The fourth-order valence-electron chi connectivity index (χ4n) is 3.50.